The normalized spacial score (nSPS) is 10.2. The number of methoxy groups -OCH3 is 6. The fraction of sp³-hybridized carbons (Fsp3) is 0.333. The molecule has 0 amide bonds. The van der Waals surface area contributed by atoms with E-state index in [0.717, 1.165) is 0 Å². The van der Waals surface area contributed by atoms with Crippen LogP contribution < -0.4 is 28.4 Å². The molecule has 0 saturated carbocycles. The van der Waals surface area contributed by atoms with Crippen molar-refractivity contribution in [2.24, 2.45) is 0 Å². The van der Waals surface area contributed by atoms with Crippen LogP contribution in [0.25, 0.3) is 11.1 Å². The monoisotopic (exact) mass is 424 g/mol. The molecule has 0 radical (unpaired) electrons. The van der Waals surface area contributed by atoms with E-state index in [0.29, 0.717) is 0 Å². The standard InChI is InChI=1S/C18H20N2O10/c1-25-11-7-9(13(19(21)22)17(29-5)15(11)27-3)10-8-12(26-2)16(28-4)18(30-6)14(10)20(23)24/h7-8H,1-6H3. The number of nitro benzene ring substituents is 2. The van der Waals surface area contributed by atoms with Crippen LogP contribution in [-0.2, 0) is 0 Å². The van der Waals surface area contributed by atoms with E-state index < -0.39 is 21.2 Å². The first-order chi connectivity index (χ1) is 14.3. The SMILES string of the molecule is COc1cc(-c2cc(OC)c(OC)c(OC)c2[N+](=O)[O-])c([N+](=O)[O-])c(OC)c1OC. The predicted molar refractivity (Wildman–Crippen MR) is 104 cm³/mol. The Morgan fingerprint density at radius 2 is 0.867 bits per heavy atom. The molecule has 0 unspecified atom stereocenters. The maximum Gasteiger partial charge on any atom is 0.323 e. The molecule has 0 atom stereocenters. The highest BCUT2D eigenvalue weighted by molar-refractivity contribution is 5.91. The highest BCUT2D eigenvalue weighted by Gasteiger charge is 2.37. The van der Waals surface area contributed by atoms with Crippen molar-refractivity contribution in [1.29, 1.82) is 0 Å². The lowest BCUT2D eigenvalue weighted by Gasteiger charge is -2.17. The molecule has 0 aliphatic carbocycles. The van der Waals surface area contributed by atoms with E-state index in [1.807, 2.05) is 0 Å². The van der Waals surface area contributed by atoms with Crippen LogP contribution in [0.5, 0.6) is 34.5 Å². The van der Waals surface area contributed by atoms with Gasteiger partial charge in [0.2, 0.25) is 23.0 Å². The van der Waals surface area contributed by atoms with Gasteiger partial charge in [0.1, 0.15) is 0 Å². The van der Waals surface area contributed by atoms with Gasteiger partial charge < -0.3 is 28.4 Å². The van der Waals surface area contributed by atoms with Crippen molar-refractivity contribution in [3.8, 4) is 45.6 Å². The zero-order valence-corrected chi connectivity index (χ0v) is 17.1. The minimum atomic E-state index is -0.733. The number of hydrogen-bond donors (Lipinski definition) is 0. The van der Waals surface area contributed by atoms with Crippen LogP contribution in [0.3, 0.4) is 0 Å². The lowest BCUT2D eigenvalue weighted by Crippen LogP contribution is -2.05. The third-order valence-electron chi connectivity index (χ3n) is 4.26. The maximum atomic E-state index is 11.9. The Morgan fingerprint density at radius 1 is 0.567 bits per heavy atom. The Kier molecular flexibility index (Phi) is 6.72. The quantitative estimate of drug-likeness (QED) is 0.435. The first-order valence-corrected chi connectivity index (χ1v) is 8.26. The average molecular weight is 424 g/mol. The molecule has 2 rings (SSSR count). The summed E-state index contributed by atoms with van der Waals surface area (Å²) in [6, 6.07) is 2.49. The van der Waals surface area contributed by atoms with Gasteiger partial charge in [0, 0.05) is 0 Å². The third-order valence-corrected chi connectivity index (χ3v) is 4.26. The second-order valence-corrected chi connectivity index (χ2v) is 5.60. The molecule has 0 aliphatic heterocycles. The molecule has 0 heterocycles. The fourth-order valence-electron chi connectivity index (χ4n) is 3.06. The summed E-state index contributed by atoms with van der Waals surface area (Å²) < 4.78 is 31.2. The number of nitro groups is 2. The summed E-state index contributed by atoms with van der Waals surface area (Å²) in [5.74, 6) is -0.466. The van der Waals surface area contributed by atoms with Gasteiger partial charge in [0.25, 0.3) is 0 Å². The predicted octanol–water partition coefficient (Wildman–Crippen LogP) is 3.22. The molecule has 2 aromatic carbocycles. The van der Waals surface area contributed by atoms with Crippen molar-refractivity contribution >= 4 is 11.4 Å². The number of hydrogen-bond acceptors (Lipinski definition) is 10. The zero-order chi connectivity index (χ0) is 22.6. The largest absolute Gasteiger partial charge is 0.493 e. The van der Waals surface area contributed by atoms with Gasteiger partial charge in [-0.25, -0.2) is 0 Å². The summed E-state index contributed by atoms with van der Waals surface area (Å²) >= 11 is 0. The maximum absolute atomic E-state index is 11.9. The molecule has 0 N–H and O–H groups in total. The van der Waals surface area contributed by atoms with Crippen LogP contribution in [0.4, 0.5) is 11.4 Å². The van der Waals surface area contributed by atoms with E-state index in [2.05, 4.69) is 0 Å². The summed E-state index contributed by atoms with van der Waals surface area (Å²) in [5, 5.41) is 23.9. The molecule has 162 valence electrons. The fourth-order valence-corrected chi connectivity index (χ4v) is 3.06. The highest BCUT2D eigenvalue weighted by Crippen LogP contribution is 2.55. The summed E-state index contributed by atoms with van der Waals surface area (Å²) in [7, 11) is 7.61. The van der Waals surface area contributed by atoms with Crippen LogP contribution in [0.1, 0.15) is 0 Å². The first-order valence-electron chi connectivity index (χ1n) is 8.26. The lowest BCUT2D eigenvalue weighted by atomic mass is 9.98. The topological polar surface area (TPSA) is 142 Å². The van der Waals surface area contributed by atoms with Crippen molar-refractivity contribution in [3.63, 3.8) is 0 Å². The van der Waals surface area contributed by atoms with Crippen LogP contribution in [-0.4, -0.2) is 52.5 Å². The van der Waals surface area contributed by atoms with E-state index in [1.165, 1.54) is 54.8 Å². The molecule has 2 aromatic rings. The van der Waals surface area contributed by atoms with E-state index in [-0.39, 0.29) is 45.6 Å². The van der Waals surface area contributed by atoms with Crippen LogP contribution in [0.2, 0.25) is 0 Å². The average Bonchev–Trinajstić information content (AvgIpc) is 2.75. The van der Waals surface area contributed by atoms with Crippen molar-refractivity contribution < 1.29 is 38.3 Å². The molecule has 0 fully saturated rings. The minimum absolute atomic E-state index is 0.0365. The molecular weight excluding hydrogens is 404 g/mol. The van der Waals surface area contributed by atoms with Crippen LogP contribution in [0.15, 0.2) is 12.1 Å². The molecule has 0 spiro atoms. The van der Waals surface area contributed by atoms with Gasteiger partial charge in [-0.3, -0.25) is 20.2 Å². The number of ether oxygens (including phenoxy) is 6. The number of nitrogens with zero attached hydrogens (tertiary/aromatic N) is 2. The molecule has 0 saturated heterocycles. The van der Waals surface area contributed by atoms with Gasteiger partial charge >= 0.3 is 11.4 Å². The van der Waals surface area contributed by atoms with E-state index in [9.17, 15) is 20.2 Å². The van der Waals surface area contributed by atoms with Gasteiger partial charge in [-0.15, -0.1) is 0 Å². The number of benzene rings is 2. The molecule has 30 heavy (non-hydrogen) atoms. The zero-order valence-electron chi connectivity index (χ0n) is 17.1. The molecule has 0 aromatic heterocycles. The van der Waals surface area contributed by atoms with Gasteiger partial charge in [0.15, 0.2) is 11.5 Å². The van der Waals surface area contributed by atoms with Crippen molar-refractivity contribution in [2.45, 2.75) is 0 Å². The Hall–Kier alpha value is -3.96. The smallest absolute Gasteiger partial charge is 0.323 e. The highest BCUT2D eigenvalue weighted by atomic mass is 16.6. The molecular formula is C18H20N2O10. The first kappa shape index (κ1) is 22.3. The second kappa shape index (κ2) is 9.03. The van der Waals surface area contributed by atoms with Crippen molar-refractivity contribution in [2.75, 3.05) is 42.7 Å². The van der Waals surface area contributed by atoms with Crippen molar-refractivity contribution in [3.05, 3.63) is 32.4 Å². The molecule has 12 nitrogen and oxygen atoms in total. The summed E-state index contributed by atoms with van der Waals surface area (Å²) in [4.78, 5) is 22.4. The minimum Gasteiger partial charge on any atom is -0.493 e. The van der Waals surface area contributed by atoms with E-state index in [1.54, 1.807) is 0 Å². The summed E-state index contributed by atoms with van der Waals surface area (Å²) in [5.41, 5.74) is -1.46. The van der Waals surface area contributed by atoms with Crippen molar-refractivity contribution in [1.82, 2.24) is 0 Å². The third kappa shape index (κ3) is 3.54. The Bertz CT molecular complexity index is 910. The van der Waals surface area contributed by atoms with Gasteiger partial charge in [0.05, 0.1) is 63.6 Å². The van der Waals surface area contributed by atoms with E-state index >= 15 is 0 Å². The van der Waals surface area contributed by atoms with Gasteiger partial charge in [-0.2, -0.15) is 0 Å². The molecule has 12 heteroatoms. The Balaban J connectivity index is 3.13. The molecule has 0 aliphatic rings. The Morgan fingerprint density at radius 3 is 1.07 bits per heavy atom. The lowest BCUT2D eigenvalue weighted by molar-refractivity contribution is -0.387. The molecule has 0 bridgehead atoms. The number of rotatable bonds is 9. The summed E-state index contributed by atoms with van der Waals surface area (Å²) in [6.07, 6.45) is 0. The Labute approximate surface area is 171 Å². The van der Waals surface area contributed by atoms with Crippen LogP contribution >= 0.6 is 0 Å². The summed E-state index contributed by atoms with van der Waals surface area (Å²) in [6.45, 7) is 0. The van der Waals surface area contributed by atoms with Gasteiger partial charge in [-0.1, -0.05) is 0 Å². The van der Waals surface area contributed by atoms with Crippen LogP contribution in [0, 0.1) is 20.2 Å². The van der Waals surface area contributed by atoms with Gasteiger partial charge in [-0.05, 0) is 12.1 Å². The second-order valence-electron chi connectivity index (χ2n) is 5.60. The van der Waals surface area contributed by atoms with E-state index in [4.69, 9.17) is 28.4 Å².